The number of esters is 1. The normalized spacial score (nSPS) is 10.8. The molecule has 0 aliphatic carbocycles. The maximum Gasteiger partial charge on any atom is 0.305 e. The van der Waals surface area contributed by atoms with Crippen LogP contribution in [-0.4, -0.2) is 44.2 Å². The molecule has 16 heavy (non-hydrogen) atoms. The number of carbonyl (C=O) groups excluding carboxylic acids is 1. The summed E-state index contributed by atoms with van der Waals surface area (Å²) in [6.07, 6.45) is 4.97. The average Bonchev–Trinajstić information content (AvgIpc) is 2.24. The van der Waals surface area contributed by atoms with Crippen molar-refractivity contribution in [1.29, 1.82) is 0 Å². The van der Waals surface area contributed by atoms with Gasteiger partial charge in [-0.3, -0.25) is 4.79 Å². The molecule has 0 atom stereocenters. The molecule has 0 radical (unpaired) electrons. The SMILES string of the molecule is CCOC(=O)CCCCCCN(C)CCN. The lowest BCUT2D eigenvalue weighted by Crippen LogP contribution is -2.26. The van der Waals surface area contributed by atoms with Crippen molar-refractivity contribution in [3.8, 4) is 0 Å². The number of unbranched alkanes of at least 4 members (excludes halogenated alkanes) is 3. The van der Waals surface area contributed by atoms with Gasteiger partial charge in [0.15, 0.2) is 0 Å². The summed E-state index contributed by atoms with van der Waals surface area (Å²) in [5.41, 5.74) is 5.45. The molecule has 4 nitrogen and oxygen atoms in total. The van der Waals surface area contributed by atoms with Gasteiger partial charge in [-0.1, -0.05) is 12.8 Å². The predicted molar refractivity (Wildman–Crippen MR) is 66.3 cm³/mol. The van der Waals surface area contributed by atoms with E-state index in [1.807, 2.05) is 6.92 Å². The third kappa shape index (κ3) is 9.93. The summed E-state index contributed by atoms with van der Waals surface area (Å²) in [4.78, 5) is 13.3. The van der Waals surface area contributed by atoms with Crippen molar-refractivity contribution >= 4 is 5.97 Å². The predicted octanol–water partition coefficient (Wildman–Crippen LogP) is 1.39. The Morgan fingerprint density at radius 1 is 1.19 bits per heavy atom. The van der Waals surface area contributed by atoms with Crippen LogP contribution in [0.5, 0.6) is 0 Å². The maximum atomic E-state index is 11.0. The van der Waals surface area contributed by atoms with Crippen LogP contribution in [0.4, 0.5) is 0 Å². The first-order chi connectivity index (χ1) is 7.70. The smallest absolute Gasteiger partial charge is 0.305 e. The fourth-order valence-electron chi connectivity index (χ4n) is 1.57. The van der Waals surface area contributed by atoms with Crippen molar-refractivity contribution in [2.45, 2.75) is 39.0 Å². The minimum Gasteiger partial charge on any atom is -0.466 e. The van der Waals surface area contributed by atoms with E-state index in [4.69, 9.17) is 10.5 Å². The monoisotopic (exact) mass is 230 g/mol. The number of rotatable bonds is 10. The molecule has 0 aromatic carbocycles. The molecule has 0 aliphatic heterocycles. The fourth-order valence-corrected chi connectivity index (χ4v) is 1.57. The van der Waals surface area contributed by atoms with Crippen molar-refractivity contribution < 1.29 is 9.53 Å². The molecule has 96 valence electrons. The van der Waals surface area contributed by atoms with Crippen LogP contribution in [0.1, 0.15) is 39.0 Å². The van der Waals surface area contributed by atoms with Gasteiger partial charge in [0, 0.05) is 19.5 Å². The van der Waals surface area contributed by atoms with Gasteiger partial charge in [-0.15, -0.1) is 0 Å². The van der Waals surface area contributed by atoms with E-state index >= 15 is 0 Å². The Balaban J connectivity index is 3.18. The Morgan fingerprint density at radius 2 is 1.88 bits per heavy atom. The fraction of sp³-hybridized carbons (Fsp3) is 0.917. The summed E-state index contributed by atoms with van der Waals surface area (Å²) in [5, 5.41) is 0. The Hall–Kier alpha value is -0.610. The molecular weight excluding hydrogens is 204 g/mol. The molecule has 0 unspecified atom stereocenters. The van der Waals surface area contributed by atoms with Crippen LogP contribution in [0.25, 0.3) is 0 Å². The highest BCUT2D eigenvalue weighted by Crippen LogP contribution is 2.04. The second-order valence-electron chi connectivity index (χ2n) is 4.06. The molecule has 0 rings (SSSR count). The van der Waals surface area contributed by atoms with Gasteiger partial charge in [0.25, 0.3) is 0 Å². The van der Waals surface area contributed by atoms with E-state index < -0.39 is 0 Å². The Bertz CT molecular complexity index is 174. The molecule has 0 aliphatic rings. The number of nitrogens with two attached hydrogens (primary N) is 1. The van der Waals surface area contributed by atoms with E-state index in [0.717, 1.165) is 32.5 Å². The summed E-state index contributed by atoms with van der Waals surface area (Å²) in [6, 6.07) is 0. The number of likely N-dealkylation sites (N-methyl/N-ethyl adjacent to an activating group) is 1. The molecule has 4 heteroatoms. The van der Waals surface area contributed by atoms with Crippen LogP contribution in [-0.2, 0) is 9.53 Å². The van der Waals surface area contributed by atoms with Gasteiger partial charge in [0.2, 0.25) is 0 Å². The molecule has 0 aromatic heterocycles. The zero-order chi connectivity index (χ0) is 12.2. The molecule has 0 aromatic rings. The number of hydrogen-bond donors (Lipinski definition) is 1. The molecule has 0 spiro atoms. The summed E-state index contributed by atoms with van der Waals surface area (Å²) in [6.45, 7) is 5.10. The number of ether oxygens (including phenoxy) is 1. The minimum absolute atomic E-state index is 0.0669. The Labute approximate surface area is 99.1 Å². The van der Waals surface area contributed by atoms with Crippen molar-refractivity contribution in [2.24, 2.45) is 5.73 Å². The summed E-state index contributed by atoms with van der Waals surface area (Å²) in [7, 11) is 2.09. The van der Waals surface area contributed by atoms with Crippen LogP contribution in [0.15, 0.2) is 0 Å². The van der Waals surface area contributed by atoms with Gasteiger partial charge in [-0.25, -0.2) is 0 Å². The van der Waals surface area contributed by atoms with Gasteiger partial charge in [-0.05, 0) is 33.4 Å². The van der Waals surface area contributed by atoms with Gasteiger partial charge in [-0.2, -0.15) is 0 Å². The second kappa shape index (κ2) is 10.9. The topological polar surface area (TPSA) is 55.6 Å². The molecule has 0 heterocycles. The van der Waals surface area contributed by atoms with Crippen LogP contribution < -0.4 is 5.73 Å². The zero-order valence-electron chi connectivity index (χ0n) is 10.7. The highest BCUT2D eigenvalue weighted by Gasteiger charge is 2.01. The quantitative estimate of drug-likeness (QED) is 0.455. The van der Waals surface area contributed by atoms with E-state index in [0.29, 0.717) is 13.0 Å². The first-order valence-corrected chi connectivity index (χ1v) is 6.25. The third-order valence-electron chi connectivity index (χ3n) is 2.49. The Morgan fingerprint density at radius 3 is 2.50 bits per heavy atom. The molecule has 0 fully saturated rings. The molecule has 2 N–H and O–H groups in total. The third-order valence-corrected chi connectivity index (χ3v) is 2.49. The standard InChI is InChI=1S/C12H26N2O2/c1-3-16-12(15)8-6-4-5-7-10-14(2)11-9-13/h3-11,13H2,1-2H3. The average molecular weight is 230 g/mol. The number of hydrogen-bond acceptors (Lipinski definition) is 4. The van der Waals surface area contributed by atoms with Gasteiger partial charge < -0.3 is 15.4 Å². The summed E-state index contributed by atoms with van der Waals surface area (Å²) >= 11 is 0. The molecule has 0 amide bonds. The lowest BCUT2D eigenvalue weighted by Gasteiger charge is -2.14. The first-order valence-electron chi connectivity index (χ1n) is 6.25. The van der Waals surface area contributed by atoms with Gasteiger partial charge in [0.05, 0.1) is 6.61 Å². The number of nitrogens with zero attached hydrogens (tertiary/aromatic N) is 1. The maximum absolute atomic E-state index is 11.0. The van der Waals surface area contributed by atoms with Crippen molar-refractivity contribution in [2.75, 3.05) is 33.3 Å². The van der Waals surface area contributed by atoms with E-state index in [1.165, 1.54) is 12.8 Å². The van der Waals surface area contributed by atoms with Crippen LogP contribution in [0.2, 0.25) is 0 Å². The van der Waals surface area contributed by atoms with Gasteiger partial charge in [0.1, 0.15) is 0 Å². The highest BCUT2D eigenvalue weighted by atomic mass is 16.5. The molecule has 0 saturated heterocycles. The van der Waals surface area contributed by atoms with Crippen molar-refractivity contribution in [1.82, 2.24) is 4.90 Å². The van der Waals surface area contributed by atoms with Crippen molar-refractivity contribution in [3.05, 3.63) is 0 Å². The highest BCUT2D eigenvalue weighted by molar-refractivity contribution is 5.69. The number of carbonyl (C=O) groups is 1. The zero-order valence-corrected chi connectivity index (χ0v) is 10.7. The summed E-state index contributed by atoms with van der Waals surface area (Å²) in [5.74, 6) is -0.0669. The van der Waals surface area contributed by atoms with Crippen LogP contribution in [0.3, 0.4) is 0 Å². The molecule has 0 saturated carbocycles. The van der Waals surface area contributed by atoms with Crippen LogP contribution >= 0.6 is 0 Å². The minimum atomic E-state index is -0.0669. The van der Waals surface area contributed by atoms with E-state index in [-0.39, 0.29) is 5.97 Å². The van der Waals surface area contributed by atoms with Crippen molar-refractivity contribution in [3.63, 3.8) is 0 Å². The van der Waals surface area contributed by atoms with E-state index in [1.54, 1.807) is 0 Å². The molecular formula is C12H26N2O2. The van der Waals surface area contributed by atoms with E-state index in [2.05, 4.69) is 11.9 Å². The second-order valence-corrected chi connectivity index (χ2v) is 4.06. The van der Waals surface area contributed by atoms with Gasteiger partial charge >= 0.3 is 5.97 Å². The Kier molecular flexibility index (Phi) is 10.5. The van der Waals surface area contributed by atoms with E-state index in [9.17, 15) is 4.79 Å². The first kappa shape index (κ1) is 15.4. The lowest BCUT2D eigenvalue weighted by atomic mass is 10.1. The lowest BCUT2D eigenvalue weighted by molar-refractivity contribution is -0.143. The summed E-state index contributed by atoms with van der Waals surface area (Å²) < 4.78 is 4.86. The van der Waals surface area contributed by atoms with Crippen LogP contribution in [0, 0.1) is 0 Å². The largest absolute Gasteiger partial charge is 0.466 e. The molecule has 0 bridgehead atoms.